The van der Waals surface area contributed by atoms with Crippen LogP contribution in [0, 0.1) is 0 Å². The molecule has 1 aliphatic rings. The Kier molecular flexibility index (Phi) is 5.41. The Labute approximate surface area is 148 Å². The molecule has 1 fully saturated rings. The number of nitrogens with zero attached hydrogens (tertiary/aromatic N) is 2. The first-order chi connectivity index (χ1) is 12.4. The Morgan fingerprint density at radius 1 is 1.15 bits per heavy atom. The molecule has 0 radical (unpaired) electrons. The summed E-state index contributed by atoms with van der Waals surface area (Å²) in [5.74, 6) is 0.387. The number of morpholine rings is 1. The van der Waals surface area contributed by atoms with Gasteiger partial charge in [0.05, 0.1) is 18.8 Å². The molecule has 1 N–H and O–H groups in total. The second kappa shape index (κ2) is 7.74. The first kappa shape index (κ1) is 18.2. The number of amides is 1. The highest BCUT2D eigenvalue weighted by Gasteiger charge is 2.30. The van der Waals surface area contributed by atoms with Crippen molar-refractivity contribution in [2.45, 2.75) is 12.7 Å². The smallest absolute Gasteiger partial charge is 0.378 e. The van der Waals surface area contributed by atoms with Crippen molar-refractivity contribution in [3.05, 3.63) is 59.3 Å². The van der Waals surface area contributed by atoms with Crippen molar-refractivity contribution in [2.24, 2.45) is 0 Å². The average molecular weight is 365 g/mol. The normalized spacial score (nSPS) is 15.0. The minimum Gasteiger partial charge on any atom is -0.378 e. The van der Waals surface area contributed by atoms with E-state index in [1.807, 2.05) is 6.07 Å². The quantitative estimate of drug-likeness (QED) is 0.905. The van der Waals surface area contributed by atoms with Gasteiger partial charge in [0, 0.05) is 31.4 Å². The van der Waals surface area contributed by atoms with Gasteiger partial charge in [0.1, 0.15) is 5.82 Å². The molecule has 1 aliphatic heterocycles. The molecule has 0 saturated carbocycles. The van der Waals surface area contributed by atoms with Crippen LogP contribution in [0.3, 0.4) is 0 Å². The largest absolute Gasteiger partial charge is 0.416 e. The number of ether oxygens (including phenoxy) is 1. The number of benzene rings is 1. The topological polar surface area (TPSA) is 54.5 Å². The molecule has 5 nitrogen and oxygen atoms in total. The van der Waals surface area contributed by atoms with Gasteiger partial charge in [-0.25, -0.2) is 4.98 Å². The molecule has 0 spiro atoms. The van der Waals surface area contributed by atoms with E-state index in [1.54, 1.807) is 12.3 Å². The van der Waals surface area contributed by atoms with Gasteiger partial charge >= 0.3 is 6.18 Å². The molecule has 1 aromatic heterocycles. The van der Waals surface area contributed by atoms with E-state index in [2.05, 4.69) is 15.2 Å². The number of halogens is 3. The van der Waals surface area contributed by atoms with Crippen molar-refractivity contribution >= 4 is 11.7 Å². The zero-order valence-corrected chi connectivity index (χ0v) is 13.9. The van der Waals surface area contributed by atoms with Crippen molar-refractivity contribution in [2.75, 3.05) is 31.2 Å². The Morgan fingerprint density at radius 2 is 1.85 bits per heavy atom. The number of hydrogen-bond acceptors (Lipinski definition) is 4. The van der Waals surface area contributed by atoms with Gasteiger partial charge in [-0.2, -0.15) is 13.2 Å². The van der Waals surface area contributed by atoms with Gasteiger partial charge in [-0.3, -0.25) is 4.79 Å². The van der Waals surface area contributed by atoms with Crippen LogP contribution in [0.4, 0.5) is 19.0 Å². The fraction of sp³-hybridized carbons (Fsp3) is 0.333. The van der Waals surface area contributed by atoms with Crippen LogP contribution < -0.4 is 10.2 Å². The second-order valence-electron chi connectivity index (χ2n) is 5.88. The van der Waals surface area contributed by atoms with Crippen molar-refractivity contribution in [1.82, 2.24) is 10.3 Å². The lowest BCUT2D eigenvalue weighted by molar-refractivity contribution is -0.137. The number of nitrogens with one attached hydrogen (secondary N) is 1. The predicted octanol–water partition coefficient (Wildman–Crippen LogP) is 2.87. The van der Waals surface area contributed by atoms with Gasteiger partial charge in [0.15, 0.2) is 0 Å². The zero-order valence-electron chi connectivity index (χ0n) is 13.9. The van der Waals surface area contributed by atoms with E-state index < -0.39 is 17.6 Å². The second-order valence-corrected chi connectivity index (χ2v) is 5.88. The highest BCUT2D eigenvalue weighted by Crippen LogP contribution is 2.29. The van der Waals surface area contributed by atoms with Crippen LogP contribution in [0.25, 0.3) is 0 Å². The number of alkyl halides is 3. The maximum atomic E-state index is 12.6. The summed E-state index contributed by atoms with van der Waals surface area (Å²) in [7, 11) is 0. The van der Waals surface area contributed by atoms with Crippen LogP contribution in [0.5, 0.6) is 0 Å². The van der Waals surface area contributed by atoms with Gasteiger partial charge in [-0.15, -0.1) is 0 Å². The molecule has 3 rings (SSSR count). The van der Waals surface area contributed by atoms with E-state index in [0.717, 1.165) is 36.6 Å². The molecule has 2 heterocycles. The standard InChI is InChI=1S/C18H18F3N3O2/c19-18(20,21)15-3-1-14(2-4-15)17(25)23-12-13-5-6-22-16(11-13)24-7-9-26-10-8-24/h1-6,11H,7-10,12H2,(H,23,25). The van der Waals surface area contributed by atoms with E-state index in [9.17, 15) is 18.0 Å². The molecule has 1 saturated heterocycles. The van der Waals surface area contributed by atoms with Crippen LogP contribution in [0.1, 0.15) is 21.5 Å². The number of aromatic nitrogens is 1. The number of anilines is 1. The lowest BCUT2D eigenvalue weighted by Gasteiger charge is -2.28. The number of pyridine rings is 1. The third kappa shape index (κ3) is 4.51. The van der Waals surface area contributed by atoms with Crippen molar-refractivity contribution in [1.29, 1.82) is 0 Å². The minimum atomic E-state index is -4.41. The third-order valence-corrected chi connectivity index (χ3v) is 4.07. The van der Waals surface area contributed by atoms with Crippen LogP contribution in [-0.2, 0) is 17.5 Å². The molecule has 8 heteroatoms. The van der Waals surface area contributed by atoms with Crippen molar-refractivity contribution < 1.29 is 22.7 Å². The molecule has 1 amide bonds. The number of carbonyl (C=O) groups is 1. The van der Waals surface area contributed by atoms with Crippen molar-refractivity contribution in [3.63, 3.8) is 0 Å². The van der Waals surface area contributed by atoms with Gasteiger partial charge in [-0.05, 0) is 42.0 Å². The van der Waals surface area contributed by atoms with Gasteiger partial charge in [0.2, 0.25) is 0 Å². The summed E-state index contributed by atoms with van der Waals surface area (Å²) in [5, 5.41) is 2.71. The van der Waals surface area contributed by atoms with Crippen molar-refractivity contribution in [3.8, 4) is 0 Å². The average Bonchev–Trinajstić information content (AvgIpc) is 2.66. The number of rotatable bonds is 4. The molecule has 26 heavy (non-hydrogen) atoms. The highest BCUT2D eigenvalue weighted by atomic mass is 19.4. The van der Waals surface area contributed by atoms with Gasteiger partial charge < -0.3 is 15.0 Å². The Morgan fingerprint density at radius 3 is 2.50 bits per heavy atom. The minimum absolute atomic E-state index is 0.181. The maximum Gasteiger partial charge on any atom is 0.416 e. The van der Waals surface area contributed by atoms with Gasteiger partial charge in [0.25, 0.3) is 5.91 Å². The van der Waals surface area contributed by atoms with Crippen LogP contribution in [0.2, 0.25) is 0 Å². The highest BCUT2D eigenvalue weighted by molar-refractivity contribution is 5.94. The lowest BCUT2D eigenvalue weighted by atomic mass is 10.1. The molecule has 0 unspecified atom stereocenters. The molecule has 138 valence electrons. The Hall–Kier alpha value is -2.61. The van der Waals surface area contributed by atoms with E-state index in [1.165, 1.54) is 12.1 Å². The fourth-order valence-electron chi connectivity index (χ4n) is 2.63. The molecule has 0 aliphatic carbocycles. The van der Waals surface area contributed by atoms with Crippen LogP contribution in [0.15, 0.2) is 42.6 Å². The first-order valence-electron chi connectivity index (χ1n) is 8.16. The fourth-order valence-corrected chi connectivity index (χ4v) is 2.63. The van der Waals surface area contributed by atoms with E-state index in [0.29, 0.717) is 13.2 Å². The summed E-state index contributed by atoms with van der Waals surface area (Å²) in [6, 6.07) is 7.82. The van der Waals surface area contributed by atoms with Crippen LogP contribution >= 0.6 is 0 Å². The monoisotopic (exact) mass is 365 g/mol. The van der Waals surface area contributed by atoms with Gasteiger partial charge in [-0.1, -0.05) is 0 Å². The third-order valence-electron chi connectivity index (χ3n) is 4.07. The molecular weight excluding hydrogens is 347 g/mol. The van der Waals surface area contributed by atoms with Crippen LogP contribution in [-0.4, -0.2) is 37.2 Å². The molecular formula is C18H18F3N3O2. The SMILES string of the molecule is O=C(NCc1ccnc(N2CCOCC2)c1)c1ccc(C(F)(F)F)cc1. The summed E-state index contributed by atoms with van der Waals surface area (Å²) >= 11 is 0. The zero-order chi connectivity index (χ0) is 18.6. The summed E-state index contributed by atoms with van der Waals surface area (Å²) in [6.45, 7) is 3.08. The lowest BCUT2D eigenvalue weighted by Crippen LogP contribution is -2.36. The molecule has 0 bridgehead atoms. The summed E-state index contributed by atoms with van der Waals surface area (Å²) in [6.07, 6.45) is -2.74. The maximum absolute atomic E-state index is 12.6. The summed E-state index contributed by atoms with van der Waals surface area (Å²) in [5.41, 5.74) is 0.264. The summed E-state index contributed by atoms with van der Waals surface area (Å²) < 4.78 is 43.0. The first-order valence-corrected chi connectivity index (χ1v) is 8.16. The van der Waals surface area contributed by atoms with E-state index in [-0.39, 0.29) is 12.1 Å². The number of carbonyl (C=O) groups excluding carboxylic acids is 1. The summed E-state index contributed by atoms with van der Waals surface area (Å²) in [4.78, 5) is 18.6. The van der Waals surface area contributed by atoms with E-state index >= 15 is 0 Å². The molecule has 0 atom stereocenters. The molecule has 2 aromatic rings. The number of hydrogen-bond donors (Lipinski definition) is 1. The Balaban J connectivity index is 1.60. The predicted molar refractivity (Wildman–Crippen MR) is 89.9 cm³/mol. The Bertz CT molecular complexity index is 757. The van der Waals surface area contributed by atoms with E-state index in [4.69, 9.17) is 4.74 Å². The molecule has 1 aromatic carbocycles.